The molecule has 2 heterocycles. The number of alkyl halides is 3. The number of rotatable bonds is 6. The monoisotopic (exact) mass is 406 g/mol. The summed E-state index contributed by atoms with van der Waals surface area (Å²) in [5.74, 6) is -1.04. The average Bonchev–Trinajstić information content (AvgIpc) is 3.09. The van der Waals surface area contributed by atoms with Crippen LogP contribution >= 0.6 is 0 Å². The molecule has 1 amide bonds. The van der Waals surface area contributed by atoms with Gasteiger partial charge >= 0.3 is 6.18 Å². The van der Waals surface area contributed by atoms with Gasteiger partial charge < -0.3 is 16.2 Å². The zero-order chi connectivity index (χ0) is 21.2. The highest BCUT2D eigenvalue weighted by Crippen LogP contribution is 2.29. The molecule has 0 aliphatic heterocycles. The van der Waals surface area contributed by atoms with E-state index >= 15 is 0 Å². The average molecular weight is 406 g/mol. The standard InChI is InChI=1S/C18H17F3N6O2/c1-10-4-11(12-7-24-27(8-12)9-14(28)16(22)29)6-13(5-10)25-17-23-3-2-15(26-17)18(19,20)21/h2-8,14,28H,9H2,1H3,(H2,22,29)(H,23,25,26). The van der Waals surface area contributed by atoms with Crippen LogP contribution in [0.5, 0.6) is 0 Å². The van der Waals surface area contributed by atoms with Crippen molar-refractivity contribution in [3.8, 4) is 11.1 Å². The molecular formula is C18H17F3N6O2. The van der Waals surface area contributed by atoms with E-state index in [1.54, 1.807) is 18.3 Å². The van der Waals surface area contributed by atoms with E-state index in [4.69, 9.17) is 5.73 Å². The van der Waals surface area contributed by atoms with Crippen LogP contribution < -0.4 is 11.1 Å². The number of anilines is 2. The highest BCUT2D eigenvalue weighted by Gasteiger charge is 2.32. The number of primary amides is 1. The molecule has 152 valence electrons. The van der Waals surface area contributed by atoms with Crippen LogP contribution in [0.15, 0.2) is 42.9 Å². The van der Waals surface area contributed by atoms with Gasteiger partial charge in [0, 0.05) is 23.6 Å². The molecule has 0 aliphatic carbocycles. The number of nitrogens with two attached hydrogens (primary N) is 1. The van der Waals surface area contributed by atoms with Crippen molar-refractivity contribution in [2.75, 3.05) is 5.32 Å². The molecule has 8 nitrogen and oxygen atoms in total. The van der Waals surface area contributed by atoms with Gasteiger partial charge in [0.15, 0.2) is 6.10 Å². The van der Waals surface area contributed by atoms with Crippen molar-refractivity contribution >= 4 is 17.5 Å². The van der Waals surface area contributed by atoms with Gasteiger partial charge in [0.05, 0.1) is 12.7 Å². The third-order valence-electron chi connectivity index (χ3n) is 3.93. The minimum Gasteiger partial charge on any atom is -0.381 e. The molecular weight excluding hydrogens is 389 g/mol. The molecule has 3 aromatic rings. The smallest absolute Gasteiger partial charge is 0.381 e. The molecule has 1 atom stereocenters. The highest BCUT2D eigenvalue weighted by atomic mass is 19.4. The zero-order valence-corrected chi connectivity index (χ0v) is 15.2. The van der Waals surface area contributed by atoms with Crippen molar-refractivity contribution in [3.05, 3.63) is 54.1 Å². The summed E-state index contributed by atoms with van der Waals surface area (Å²) in [5.41, 5.74) is 6.71. The zero-order valence-electron chi connectivity index (χ0n) is 15.2. The fraction of sp³-hybridized carbons (Fsp3) is 0.222. The lowest BCUT2D eigenvalue weighted by Gasteiger charge is -2.10. The molecule has 1 aromatic carbocycles. The summed E-state index contributed by atoms with van der Waals surface area (Å²) in [7, 11) is 0. The molecule has 0 radical (unpaired) electrons. The predicted molar refractivity (Wildman–Crippen MR) is 97.9 cm³/mol. The van der Waals surface area contributed by atoms with Gasteiger partial charge in [-0.05, 0) is 36.2 Å². The summed E-state index contributed by atoms with van der Waals surface area (Å²) >= 11 is 0. The van der Waals surface area contributed by atoms with E-state index in [0.29, 0.717) is 11.3 Å². The topological polar surface area (TPSA) is 119 Å². The number of aryl methyl sites for hydroxylation is 1. The van der Waals surface area contributed by atoms with Crippen molar-refractivity contribution in [1.82, 2.24) is 19.7 Å². The third kappa shape index (κ3) is 5.08. The number of aliphatic hydroxyl groups is 1. The Morgan fingerprint density at radius 2 is 2.07 bits per heavy atom. The van der Waals surface area contributed by atoms with E-state index in [-0.39, 0.29) is 12.5 Å². The molecule has 0 aliphatic rings. The van der Waals surface area contributed by atoms with Gasteiger partial charge in [-0.2, -0.15) is 18.3 Å². The first-order chi connectivity index (χ1) is 13.6. The number of carbonyl (C=O) groups is 1. The number of nitrogens with zero attached hydrogens (tertiary/aromatic N) is 4. The van der Waals surface area contributed by atoms with Crippen LogP contribution in [0, 0.1) is 6.92 Å². The lowest BCUT2D eigenvalue weighted by Crippen LogP contribution is -2.32. The number of aliphatic hydroxyl groups excluding tert-OH is 1. The number of benzene rings is 1. The normalized spacial score (nSPS) is 12.6. The Labute approximate surface area is 163 Å². The summed E-state index contributed by atoms with van der Waals surface area (Å²) in [5, 5.41) is 16.4. The minimum absolute atomic E-state index is 0.0929. The molecule has 2 aromatic heterocycles. The number of hydrogen-bond donors (Lipinski definition) is 3. The van der Waals surface area contributed by atoms with Crippen molar-refractivity contribution in [2.24, 2.45) is 5.73 Å². The minimum atomic E-state index is -4.57. The van der Waals surface area contributed by atoms with Crippen LogP contribution in [0.1, 0.15) is 11.3 Å². The van der Waals surface area contributed by atoms with Gasteiger partial charge in [0.1, 0.15) is 5.69 Å². The van der Waals surface area contributed by atoms with Crippen LogP contribution in [0.25, 0.3) is 11.1 Å². The van der Waals surface area contributed by atoms with Gasteiger partial charge in [0.2, 0.25) is 11.9 Å². The van der Waals surface area contributed by atoms with E-state index in [1.165, 1.54) is 10.9 Å². The number of nitrogens with one attached hydrogen (secondary N) is 1. The highest BCUT2D eigenvalue weighted by molar-refractivity contribution is 5.78. The van der Waals surface area contributed by atoms with Crippen LogP contribution in [0.4, 0.5) is 24.8 Å². The predicted octanol–water partition coefficient (Wildman–Crippen LogP) is 2.26. The van der Waals surface area contributed by atoms with Crippen LogP contribution in [-0.4, -0.2) is 36.9 Å². The Balaban J connectivity index is 1.84. The quantitative estimate of drug-likeness (QED) is 0.578. The molecule has 1 unspecified atom stereocenters. The Bertz CT molecular complexity index is 1030. The molecule has 0 saturated carbocycles. The van der Waals surface area contributed by atoms with Crippen LogP contribution in [-0.2, 0) is 17.5 Å². The Morgan fingerprint density at radius 1 is 1.31 bits per heavy atom. The van der Waals surface area contributed by atoms with E-state index in [9.17, 15) is 23.1 Å². The number of hydrogen-bond acceptors (Lipinski definition) is 6. The fourth-order valence-corrected chi connectivity index (χ4v) is 2.61. The summed E-state index contributed by atoms with van der Waals surface area (Å²) < 4.78 is 39.8. The van der Waals surface area contributed by atoms with Gasteiger partial charge in [-0.3, -0.25) is 9.48 Å². The van der Waals surface area contributed by atoms with E-state index in [2.05, 4.69) is 20.4 Å². The number of carbonyl (C=O) groups excluding carboxylic acids is 1. The molecule has 0 saturated heterocycles. The number of aromatic nitrogens is 4. The van der Waals surface area contributed by atoms with Crippen molar-refractivity contribution < 1.29 is 23.1 Å². The Kier molecular flexibility index (Phi) is 5.50. The van der Waals surface area contributed by atoms with Gasteiger partial charge in [-0.1, -0.05) is 6.07 Å². The number of amides is 1. The molecule has 11 heteroatoms. The largest absolute Gasteiger partial charge is 0.433 e. The first kappa shape index (κ1) is 20.3. The van der Waals surface area contributed by atoms with Gasteiger partial charge in [-0.15, -0.1) is 0 Å². The summed E-state index contributed by atoms with van der Waals surface area (Å²) in [6, 6.07) is 6.07. The molecule has 3 rings (SSSR count). The van der Waals surface area contributed by atoms with Crippen LogP contribution in [0.2, 0.25) is 0 Å². The maximum absolute atomic E-state index is 12.8. The second kappa shape index (κ2) is 7.87. The van der Waals surface area contributed by atoms with E-state index < -0.39 is 23.9 Å². The summed E-state index contributed by atoms with van der Waals surface area (Å²) in [6.07, 6.45) is -1.75. The van der Waals surface area contributed by atoms with Gasteiger partial charge in [-0.25, -0.2) is 9.97 Å². The Morgan fingerprint density at radius 3 is 2.76 bits per heavy atom. The van der Waals surface area contributed by atoms with Crippen LogP contribution in [0.3, 0.4) is 0 Å². The molecule has 0 bridgehead atoms. The fourth-order valence-electron chi connectivity index (χ4n) is 2.61. The lowest BCUT2D eigenvalue weighted by molar-refractivity contribution is -0.141. The lowest BCUT2D eigenvalue weighted by atomic mass is 10.1. The molecule has 4 N–H and O–H groups in total. The maximum atomic E-state index is 12.8. The first-order valence-corrected chi connectivity index (χ1v) is 8.41. The molecule has 0 fully saturated rings. The first-order valence-electron chi connectivity index (χ1n) is 8.41. The van der Waals surface area contributed by atoms with E-state index in [1.807, 2.05) is 13.0 Å². The van der Waals surface area contributed by atoms with Crippen molar-refractivity contribution in [3.63, 3.8) is 0 Å². The SMILES string of the molecule is Cc1cc(Nc2nccc(C(F)(F)F)n2)cc(-c2cnn(CC(O)C(N)=O)c2)c1. The summed E-state index contributed by atoms with van der Waals surface area (Å²) in [6.45, 7) is 1.73. The number of halogens is 3. The molecule has 0 spiro atoms. The third-order valence-corrected chi connectivity index (χ3v) is 3.93. The van der Waals surface area contributed by atoms with Crippen molar-refractivity contribution in [2.45, 2.75) is 25.7 Å². The molecule has 29 heavy (non-hydrogen) atoms. The summed E-state index contributed by atoms with van der Waals surface area (Å²) in [4.78, 5) is 18.3. The Hall–Kier alpha value is -3.47. The second-order valence-electron chi connectivity index (χ2n) is 6.35. The van der Waals surface area contributed by atoms with Gasteiger partial charge in [0.25, 0.3) is 0 Å². The maximum Gasteiger partial charge on any atom is 0.433 e. The van der Waals surface area contributed by atoms with Crippen molar-refractivity contribution in [1.29, 1.82) is 0 Å². The van der Waals surface area contributed by atoms with E-state index in [0.717, 1.165) is 23.4 Å². The second-order valence-corrected chi connectivity index (χ2v) is 6.35.